The van der Waals surface area contributed by atoms with Crippen molar-refractivity contribution in [2.75, 3.05) is 13.1 Å². The van der Waals surface area contributed by atoms with E-state index in [1.54, 1.807) is 0 Å². The number of carbonyl (C=O) groups is 1. The van der Waals surface area contributed by atoms with Crippen LogP contribution in [0.25, 0.3) is 11.1 Å². The van der Waals surface area contributed by atoms with Gasteiger partial charge in [-0.05, 0) is 41.5 Å². The summed E-state index contributed by atoms with van der Waals surface area (Å²) >= 11 is 0. The first-order chi connectivity index (χ1) is 12.7. The zero-order valence-electron chi connectivity index (χ0n) is 15.7. The number of hydrogen-bond donors (Lipinski definition) is 0. The van der Waals surface area contributed by atoms with Gasteiger partial charge in [-0.3, -0.25) is 4.79 Å². The van der Waals surface area contributed by atoms with Crippen LogP contribution in [-0.4, -0.2) is 23.9 Å². The Hall–Kier alpha value is -2.60. The van der Waals surface area contributed by atoms with Crippen molar-refractivity contribution in [1.82, 2.24) is 4.90 Å². The molecule has 3 nitrogen and oxygen atoms in total. The first kappa shape index (κ1) is 18.2. The summed E-state index contributed by atoms with van der Waals surface area (Å²) in [7, 11) is 0. The van der Waals surface area contributed by atoms with Gasteiger partial charge in [0.2, 0.25) is 5.91 Å². The molecule has 0 bridgehead atoms. The lowest BCUT2D eigenvalue weighted by Gasteiger charge is -2.36. The maximum atomic E-state index is 13.9. The predicted octanol–water partition coefficient (Wildman–Crippen LogP) is 4.91. The summed E-state index contributed by atoms with van der Waals surface area (Å²) in [6, 6.07) is 18.7. The van der Waals surface area contributed by atoms with E-state index in [2.05, 4.69) is 44.2 Å². The lowest BCUT2D eigenvalue weighted by Crippen LogP contribution is -2.47. The lowest BCUT2D eigenvalue weighted by molar-refractivity contribution is -0.136. The molecule has 0 fully saturated rings. The molecule has 0 aromatic heterocycles. The molecule has 0 spiro atoms. The molecule has 2 aromatic rings. The van der Waals surface area contributed by atoms with Crippen LogP contribution in [0.1, 0.15) is 50.7 Å². The van der Waals surface area contributed by atoms with Crippen LogP contribution in [-0.2, 0) is 10.2 Å². The van der Waals surface area contributed by atoms with Crippen LogP contribution in [0.5, 0.6) is 0 Å². The molecule has 0 radical (unpaired) electrons. The van der Waals surface area contributed by atoms with E-state index in [1.807, 2.05) is 29.2 Å². The maximum absolute atomic E-state index is 13.9. The van der Waals surface area contributed by atoms with Crippen LogP contribution in [0.15, 0.2) is 48.5 Å². The zero-order chi connectivity index (χ0) is 18.6. The molecule has 3 heteroatoms. The van der Waals surface area contributed by atoms with Gasteiger partial charge in [0.1, 0.15) is 5.41 Å². The quantitative estimate of drug-likeness (QED) is 0.715. The van der Waals surface area contributed by atoms with Gasteiger partial charge in [0.05, 0.1) is 6.07 Å². The van der Waals surface area contributed by atoms with Crippen molar-refractivity contribution in [2.45, 2.75) is 44.9 Å². The van der Waals surface area contributed by atoms with E-state index in [0.29, 0.717) is 12.8 Å². The third kappa shape index (κ3) is 2.80. The molecule has 0 heterocycles. The fraction of sp³-hybridized carbons (Fsp3) is 0.391. The second-order valence-corrected chi connectivity index (χ2v) is 6.95. The average Bonchev–Trinajstić information content (AvgIpc) is 2.97. The van der Waals surface area contributed by atoms with Crippen LogP contribution in [0, 0.1) is 11.3 Å². The molecule has 1 amide bonds. The minimum Gasteiger partial charge on any atom is -0.342 e. The molecule has 0 aliphatic heterocycles. The second kappa shape index (κ2) is 7.74. The Labute approximate surface area is 156 Å². The number of rotatable bonds is 7. The van der Waals surface area contributed by atoms with E-state index >= 15 is 0 Å². The molecule has 1 aliphatic carbocycles. The average molecular weight is 346 g/mol. The van der Waals surface area contributed by atoms with Crippen molar-refractivity contribution in [1.29, 1.82) is 5.26 Å². The largest absolute Gasteiger partial charge is 0.342 e. The summed E-state index contributed by atoms with van der Waals surface area (Å²) in [4.78, 5) is 15.9. The third-order valence-electron chi connectivity index (χ3n) is 5.32. The molecule has 1 aliphatic rings. The molecular weight excluding hydrogens is 320 g/mol. The van der Waals surface area contributed by atoms with Crippen LogP contribution in [0.4, 0.5) is 0 Å². The van der Waals surface area contributed by atoms with Gasteiger partial charge in [-0.15, -0.1) is 0 Å². The standard InChI is InChI=1S/C23H26N2O/c1-3-16-25(17-4-2)22(26)23(14-9-15-24)20-12-7-5-10-18(20)19-11-6-8-13-21(19)23/h5-8,10-13H,3-4,9,14,16-17H2,1-2H3. The van der Waals surface area contributed by atoms with Gasteiger partial charge in [-0.1, -0.05) is 62.4 Å². The molecule has 3 rings (SSSR count). The van der Waals surface area contributed by atoms with E-state index in [9.17, 15) is 10.1 Å². The van der Waals surface area contributed by atoms with E-state index in [-0.39, 0.29) is 5.91 Å². The predicted molar refractivity (Wildman–Crippen MR) is 105 cm³/mol. The SMILES string of the molecule is CCCN(CCC)C(=O)C1(CCC#N)c2ccccc2-c2ccccc21. The highest BCUT2D eigenvalue weighted by atomic mass is 16.2. The van der Waals surface area contributed by atoms with E-state index < -0.39 is 5.41 Å². The Morgan fingerprint density at radius 1 is 0.962 bits per heavy atom. The first-order valence-corrected chi connectivity index (χ1v) is 9.56. The second-order valence-electron chi connectivity index (χ2n) is 6.95. The highest BCUT2D eigenvalue weighted by molar-refractivity contribution is 6.00. The molecule has 0 unspecified atom stereocenters. The van der Waals surface area contributed by atoms with Crippen molar-refractivity contribution in [3.8, 4) is 17.2 Å². The molecule has 0 saturated carbocycles. The Kier molecular flexibility index (Phi) is 5.42. The van der Waals surface area contributed by atoms with Gasteiger partial charge in [0, 0.05) is 19.5 Å². The summed E-state index contributed by atoms with van der Waals surface area (Å²) in [6.07, 6.45) is 2.76. The van der Waals surface area contributed by atoms with Gasteiger partial charge in [0.15, 0.2) is 0 Å². The highest BCUT2D eigenvalue weighted by Crippen LogP contribution is 2.52. The van der Waals surface area contributed by atoms with Crippen molar-refractivity contribution in [3.05, 3.63) is 59.7 Å². The van der Waals surface area contributed by atoms with Gasteiger partial charge >= 0.3 is 0 Å². The van der Waals surface area contributed by atoms with Crippen LogP contribution >= 0.6 is 0 Å². The van der Waals surface area contributed by atoms with Crippen LogP contribution in [0.2, 0.25) is 0 Å². The first-order valence-electron chi connectivity index (χ1n) is 9.56. The Balaban J connectivity index is 2.22. The highest BCUT2D eigenvalue weighted by Gasteiger charge is 2.49. The zero-order valence-corrected chi connectivity index (χ0v) is 15.7. The summed E-state index contributed by atoms with van der Waals surface area (Å²) < 4.78 is 0. The third-order valence-corrected chi connectivity index (χ3v) is 5.32. The Morgan fingerprint density at radius 3 is 1.92 bits per heavy atom. The monoisotopic (exact) mass is 346 g/mol. The Bertz CT molecular complexity index is 783. The molecule has 0 N–H and O–H groups in total. The van der Waals surface area contributed by atoms with Crippen molar-refractivity contribution < 1.29 is 4.79 Å². The van der Waals surface area contributed by atoms with Gasteiger partial charge < -0.3 is 4.90 Å². The van der Waals surface area contributed by atoms with E-state index in [0.717, 1.165) is 48.2 Å². The van der Waals surface area contributed by atoms with Gasteiger partial charge in [-0.2, -0.15) is 5.26 Å². The lowest BCUT2D eigenvalue weighted by atomic mass is 9.73. The summed E-state index contributed by atoms with van der Waals surface area (Å²) in [5.41, 5.74) is 3.62. The normalized spacial score (nSPS) is 13.6. The number of hydrogen-bond acceptors (Lipinski definition) is 2. The van der Waals surface area contributed by atoms with E-state index in [4.69, 9.17) is 0 Å². The fourth-order valence-corrected chi connectivity index (χ4v) is 4.30. The van der Waals surface area contributed by atoms with Crippen LogP contribution < -0.4 is 0 Å². The number of fused-ring (bicyclic) bond motifs is 3. The Morgan fingerprint density at radius 2 is 1.46 bits per heavy atom. The van der Waals surface area contributed by atoms with Gasteiger partial charge in [-0.25, -0.2) is 0 Å². The fourth-order valence-electron chi connectivity index (χ4n) is 4.30. The number of amides is 1. The molecule has 134 valence electrons. The summed E-state index contributed by atoms with van der Waals surface area (Å²) in [5.74, 6) is 0.147. The number of nitrogens with zero attached hydrogens (tertiary/aromatic N) is 2. The topological polar surface area (TPSA) is 44.1 Å². The molecule has 2 aromatic carbocycles. The smallest absolute Gasteiger partial charge is 0.237 e. The minimum atomic E-state index is -0.743. The molecule has 26 heavy (non-hydrogen) atoms. The molecule has 0 atom stereocenters. The van der Waals surface area contributed by atoms with Crippen LogP contribution in [0.3, 0.4) is 0 Å². The maximum Gasteiger partial charge on any atom is 0.237 e. The van der Waals surface area contributed by atoms with E-state index in [1.165, 1.54) is 0 Å². The van der Waals surface area contributed by atoms with Crippen molar-refractivity contribution >= 4 is 5.91 Å². The summed E-state index contributed by atoms with van der Waals surface area (Å²) in [6.45, 7) is 5.72. The number of benzene rings is 2. The molecule has 0 saturated heterocycles. The molecular formula is C23H26N2O. The van der Waals surface area contributed by atoms with Crippen molar-refractivity contribution in [3.63, 3.8) is 0 Å². The number of carbonyl (C=O) groups excluding carboxylic acids is 1. The summed E-state index contributed by atoms with van der Waals surface area (Å²) in [5, 5.41) is 9.29. The minimum absolute atomic E-state index is 0.147. The van der Waals surface area contributed by atoms with Crippen molar-refractivity contribution in [2.24, 2.45) is 0 Å². The van der Waals surface area contributed by atoms with Gasteiger partial charge in [0.25, 0.3) is 0 Å². The number of nitriles is 1.